The summed E-state index contributed by atoms with van der Waals surface area (Å²) in [4.78, 5) is 2.45. The van der Waals surface area contributed by atoms with Crippen LogP contribution in [0.2, 0.25) is 0 Å². The van der Waals surface area contributed by atoms with Gasteiger partial charge in [0.2, 0.25) is 0 Å². The second-order valence-corrected chi connectivity index (χ2v) is 17.1. The molecule has 0 spiro atoms. The first kappa shape index (κ1) is 37.1. The van der Waals surface area contributed by atoms with E-state index in [1.165, 1.54) is 66.1 Å². The molecule has 304 valence electrons. The third-order valence-corrected chi connectivity index (χ3v) is 13.7. The Labute approximate surface area is 377 Å². The summed E-state index contributed by atoms with van der Waals surface area (Å²) in [6.07, 6.45) is 0. The van der Waals surface area contributed by atoms with E-state index < -0.39 is 5.41 Å². The molecule has 0 saturated heterocycles. The van der Waals surface area contributed by atoms with Crippen molar-refractivity contribution in [3.05, 3.63) is 271 Å². The van der Waals surface area contributed by atoms with Gasteiger partial charge in [0.25, 0.3) is 0 Å². The number of hydrogen-bond donors (Lipinski definition) is 0. The largest absolute Gasteiger partial charge is 0.455 e. The van der Waals surface area contributed by atoms with Crippen molar-refractivity contribution in [2.24, 2.45) is 0 Å². The average Bonchev–Trinajstić information content (AvgIpc) is 3.90. The Hall–Kier alpha value is -8.46. The summed E-state index contributed by atoms with van der Waals surface area (Å²) in [6.45, 7) is 0. The summed E-state index contributed by atoms with van der Waals surface area (Å²) >= 11 is 0. The minimum absolute atomic E-state index is 0.548. The lowest BCUT2D eigenvalue weighted by atomic mass is 9.67. The second-order valence-electron chi connectivity index (χ2n) is 17.1. The summed E-state index contributed by atoms with van der Waals surface area (Å²) in [6, 6.07) is 90.7. The molecule has 0 atom stereocenters. The highest BCUT2D eigenvalue weighted by Gasteiger charge is 2.46. The topological polar surface area (TPSA) is 16.4 Å². The van der Waals surface area contributed by atoms with E-state index in [4.69, 9.17) is 4.42 Å². The van der Waals surface area contributed by atoms with E-state index in [2.05, 4.69) is 254 Å². The maximum atomic E-state index is 7.17. The molecule has 2 nitrogen and oxygen atoms in total. The lowest BCUT2D eigenvalue weighted by molar-refractivity contribution is 0.670. The number of nitrogens with zero attached hydrogens (tertiary/aromatic N) is 1. The Morgan fingerprint density at radius 2 is 0.923 bits per heavy atom. The van der Waals surface area contributed by atoms with Crippen LogP contribution in [0.4, 0.5) is 17.1 Å². The zero-order chi connectivity index (χ0) is 42.9. The summed E-state index contributed by atoms with van der Waals surface area (Å²) in [7, 11) is 0. The summed E-state index contributed by atoms with van der Waals surface area (Å²) in [5.41, 5.74) is 16.5. The van der Waals surface area contributed by atoms with Crippen LogP contribution in [0.3, 0.4) is 0 Å². The standard InChI is InChI=1S/C63H41NO/c1-4-18-42(19-5-1)43-34-36-48(37-35-43)64(49-38-39-53-52-29-14-15-31-56(52)63(57(53)41-49,46-23-6-2-7-24-46)47-25-8-3-9-26-47)58-32-17-33-59-61(58)55-40-45-21-11-13-28-51(45)60(62(55)65-59)54-30-16-22-44-20-10-12-27-50(44)54/h1-41H. The van der Waals surface area contributed by atoms with Crippen molar-refractivity contribution in [3.63, 3.8) is 0 Å². The van der Waals surface area contributed by atoms with Gasteiger partial charge in [0.05, 0.1) is 16.5 Å². The van der Waals surface area contributed by atoms with Crippen molar-refractivity contribution in [1.82, 2.24) is 0 Å². The van der Waals surface area contributed by atoms with Gasteiger partial charge in [-0.1, -0.05) is 206 Å². The highest BCUT2D eigenvalue weighted by molar-refractivity contribution is 6.23. The van der Waals surface area contributed by atoms with Crippen LogP contribution >= 0.6 is 0 Å². The first-order chi connectivity index (χ1) is 32.3. The highest BCUT2D eigenvalue weighted by atomic mass is 16.3. The number of anilines is 3. The van der Waals surface area contributed by atoms with Gasteiger partial charge in [0.15, 0.2) is 0 Å². The van der Waals surface area contributed by atoms with Crippen molar-refractivity contribution >= 4 is 60.5 Å². The SMILES string of the molecule is c1ccc(-c2ccc(N(c3ccc4c(c3)C(c3ccccc3)(c3ccccc3)c3ccccc3-4)c3cccc4oc5c(-c6cccc7ccccc67)c6ccccc6cc5c34)cc2)cc1. The lowest BCUT2D eigenvalue weighted by Gasteiger charge is -2.35. The fourth-order valence-electron chi connectivity index (χ4n) is 10.9. The molecular formula is C63H41NO. The van der Waals surface area contributed by atoms with Crippen LogP contribution < -0.4 is 4.90 Å². The van der Waals surface area contributed by atoms with Gasteiger partial charge in [-0.25, -0.2) is 0 Å². The van der Waals surface area contributed by atoms with Gasteiger partial charge in [-0.3, -0.25) is 0 Å². The van der Waals surface area contributed by atoms with Crippen molar-refractivity contribution in [2.75, 3.05) is 4.90 Å². The monoisotopic (exact) mass is 827 g/mol. The number of hydrogen-bond acceptors (Lipinski definition) is 2. The van der Waals surface area contributed by atoms with Crippen molar-refractivity contribution in [2.45, 2.75) is 5.41 Å². The normalized spacial score (nSPS) is 12.7. The number of benzene rings is 11. The molecule has 13 rings (SSSR count). The van der Waals surface area contributed by atoms with Crippen LogP contribution in [0.5, 0.6) is 0 Å². The zero-order valence-corrected chi connectivity index (χ0v) is 35.5. The van der Waals surface area contributed by atoms with Gasteiger partial charge in [-0.05, 0) is 114 Å². The average molecular weight is 828 g/mol. The predicted molar refractivity (Wildman–Crippen MR) is 272 cm³/mol. The Balaban J connectivity index is 1.11. The molecule has 1 aliphatic carbocycles. The molecule has 0 saturated carbocycles. The maximum Gasteiger partial charge on any atom is 0.143 e. The number of furan rings is 1. The molecule has 0 N–H and O–H groups in total. The molecule has 11 aromatic carbocycles. The van der Waals surface area contributed by atoms with Crippen LogP contribution in [0.15, 0.2) is 253 Å². The Morgan fingerprint density at radius 3 is 1.69 bits per heavy atom. The predicted octanol–water partition coefficient (Wildman–Crippen LogP) is 17.1. The summed E-state index contributed by atoms with van der Waals surface area (Å²) in [5, 5.41) is 6.90. The van der Waals surface area contributed by atoms with Gasteiger partial charge < -0.3 is 9.32 Å². The van der Waals surface area contributed by atoms with E-state index in [9.17, 15) is 0 Å². The van der Waals surface area contributed by atoms with Crippen molar-refractivity contribution in [1.29, 1.82) is 0 Å². The minimum Gasteiger partial charge on any atom is -0.455 e. The molecule has 0 radical (unpaired) electrons. The zero-order valence-electron chi connectivity index (χ0n) is 35.5. The number of fused-ring (bicyclic) bond motifs is 8. The quantitative estimate of drug-likeness (QED) is 0.159. The van der Waals surface area contributed by atoms with E-state index >= 15 is 0 Å². The van der Waals surface area contributed by atoms with Crippen LogP contribution in [-0.2, 0) is 5.41 Å². The molecule has 2 heteroatoms. The highest BCUT2D eigenvalue weighted by Crippen LogP contribution is 2.58. The molecule has 1 aliphatic rings. The van der Waals surface area contributed by atoms with Gasteiger partial charge >= 0.3 is 0 Å². The minimum atomic E-state index is -0.548. The van der Waals surface area contributed by atoms with E-state index in [0.717, 1.165) is 50.1 Å². The molecule has 1 heterocycles. The first-order valence-corrected chi connectivity index (χ1v) is 22.4. The van der Waals surface area contributed by atoms with E-state index in [-0.39, 0.29) is 0 Å². The fraction of sp³-hybridized carbons (Fsp3) is 0.0159. The Morgan fingerprint density at radius 1 is 0.354 bits per heavy atom. The molecule has 0 amide bonds. The molecule has 1 aromatic heterocycles. The summed E-state index contributed by atoms with van der Waals surface area (Å²) in [5.74, 6) is 0. The van der Waals surface area contributed by atoms with Crippen LogP contribution in [0.1, 0.15) is 22.3 Å². The lowest BCUT2D eigenvalue weighted by Crippen LogP contribution is -2.28. The number of rotatable bonds is 7. The molecule has 65 heavy (non-hydrogen) atoms. The molecule has 0 unspecified atom stereocenters. The van der Waals surface area contributed by atoms with Crippen LogP contribution in [0, 0.1) is 0 Å². The Bertz CT molecular complexity index is 3710. The van der Waals surface area contributed by atoms with Gasteiger partial charge in [-0.2, -0.15) is 0 Å². The Kier molecular flexibility index (Phi) is 8.47. The molecule has 0 fully saturated rings. The maximum absolute atomic E-state index is 7.17. The molecule has 0 bridgehead atoms. The third-order valence-electron chi connectivity index (χ3n) is 13.7. The van der Waals surface area contributed by atoms with Crippen molar-refractivity contribution in [3.8, 4) is 33.4 Å². The molecule has 0 aliphatic heterocycles. The first-order valence-electron chi connectivity index (χ1n) is 22.4. The van der Waals surface area contributed by atoms with Gasteiger partial charge in [0.1, 0.15) is 11.2 Å². The van der Waals surface area contributed by atoms with Gasteiger partial charge in [0, 0.05) is 22.3 Å². The van der Waals surface area contributed by atoms with Crippen LogP contribution in [0.25, 0.3) is 76.9 Å². The summed E-state index contributed by atoms with van der Waals surface area (Å²) < 4.78 is 7.17. The molecule has 12 aromatic rings. The van der Waals surface area contributed by atoms with E-state index in [1.807, 2.05) is 0 Å². The molecular weight excluding hydrogens is 787 g/mol. The van der Waals surface area contributed by atoms with Gasteiger partial charge in [-0.15, -0.1) is 0 Å². The van der Waals surface area contributed by atoms with Crippen LogP contribution in [-0.4, -0.2) is 0 Å². The smallest absolute Gasteiger partial charge is 0.143 e. The van der Waals surface area contributed by atoms with E-state index in [1.54, 1.807) is 0 Å². The van der Waals surface area contributed by atoms with E-state index in [0.29, 0.717) is 0 Å². The third kappa shape index (κ3) is 5.67. The fourth-order valence-corrected chi connectivity index (χ4v) is 10.9. The second kappa shape index (κ2) is 14.8. The van der Waals surface area contributed by atoms with Crippen molar-refractivity contribution < 1.29 is 4.42 Å².